The Morgan fingerprint density at radius 3 is 2.46 bits per heavy atom. The average molecular weight is 700 g/mol. The number of carbonyl (C=O) groups excluding carboxylic acids is 2. The van der Waals surface area contributed by atoms with Gasteiger partial charge in [-0.1, -0.05) is 38.4 Å². The van der Waals surface area contributed by atoms with Crippen molar-refractivity contribution in [2.24, 2.45) is 5.92 Å². The lowest BCUT2D eigenvalue weighted by molar-refractivity contribution is -0.131. The fourth-order valence-corrected chi connectivity index (χ4v) is 6.53. The van der Waals surface area contributed by atoms with Gasteiger partial charge in [0.1, 0.15) is 29.6 Å². The summed E-state index contributed by atoms with van der Waals surface area (Å²) in [6.45, 7) is 6.95. The number of benzene rings is 3. The maximum absolute atomic E-state index is 12.9. The Morgan fingerprint density at radius 1 is 1.02 bits per heavy atom. The molecule has 2 unspecified atom stereocenters. The highest BCUT2D eigenvalue weighted by Crippen LogP contribution is 2.46. The Morgan fingerprint density at radius 2 is 1.76 bits per heavy atom. The van der Waals surface area contributed by atoms with Crippen LogP contribution < -0.4 is 19.5 Å². The summed E-state index contributed by atoms with van der Waals surface area (Å²) in [6, 6.07) is 19.5. The number of methoxy groups -OCH3 is 3. The first-order valence-electron chi connectivity index (χ1n) is 16.6. The summed E-state index contributed by atoms with van der Waals surface area (Å²) >= 11 is 6.39. The second-order valence-corrected chi connectivity index (χ2v) is 13.4. The highest BCUT2D eigenvalue weighted by molar-refractivity contribution is 6.31. The van der Waals surface area contributed by atoms with Gasteiger partial charge in [0.2, 0.25) is 12.1 Å². The van der Waals surface area contributed by atoms with Gasteiger partial charge >= 0.3 is 6.09 Å². The number of nitrogens with zero attached hydrogens (tertiary/aromatic N) is 3. The van der Waals surface area contributed by atoms with Crippen molar-refractivity contribution in [1.82, 2.24) is 24.8 Å². The molecule has 2 aromatic heterocycles. The zero-order chi connectivity index (χ0) is 35.5. The lowest BCUT2D eigenvalue weighted by atomic mass is 10.0. The van der Waals surface area contributed by atoms with Crippen LogP contribution in [0, 0.1) is 5.92 Å². The van der Waals surface area contributed by atoms with E-state index in [1.807, 2.05) is 54.6 Å². The lowest BCUT2D eigenvalue weighted by Gasteiger charge is -2.31. The van der Waals surface area contributed by atoms with Gasteiger partial charge in [0.25, 0.3) is 0 Å². The summed E-state index contributed by atoms with van der Waals surface area (Å²) in [5, 5.41) is 4.12. The molecular weight excluding hydrogens is 658 g/mol. The number of imidazole rings is 1. The molecule has 2 atom stereocenters. The molecule has 7 rings (SSSR count). The van der Waals surface area contributed by atoms with E-state index in [1.165, 1.54) is 7.11 Å². The van der Waals surface area contributed by atoms with Crippen molar-refractivity contribution >= 4 is 34.5 Å². The monoisotopic (exact) mass is 699 g/mol. The van der Waals surface area contributed by atoms with Gasteiger partial charge in [-0.2, -0.15) is 0 Å². The number of fused-ring (bicyclic) bond motifs is 5. The van der Waals surface area contributed by atoms with Crippen LogP contribution in [-0.2, 0) is 9.53 Å². The maximum Gasteiger partial charge on any atom is 0.407 e. The fourth-order valence-electron chi connectivity index (χ4n) is 6.35. The summed E-state index contributed by atoms with van der Waals surface area (Å²) < 4.78 is 24.7. The minimum Gasteiger partial charge on any atom is -0.497 e. The van der Waals surface area contributed by atoms with Crippen LogP contribution in [-0.4, -0.2) is 65.9 Å². The number of carbonyl (C=O) groups is 2. The zero-order valence-corrected chi connectivity index (χ0v) is 29.8. The molecular formula is C38H42ClN5O6. The van der Waals surface area contributed by atoms with Gasteiger partial charge in [0, 0.05) is 39.7 Å². The summed E-state index contributed by atoms with van der Waals surface area (Å²) in [7, 11) is 4.51. The second-order valence-electron chi connectivity index (χ2n) is 12.9. The normalized spacial score (nSPS) is 16.2. The molecule has 262 valence electrons. The average Bonchev–Trinajstić information content (AvgIpc) is 3.88. The Hall–Kier alpha value is -5.16. The highest BCUT2D eigenvalue weighted by Gasteiger charge is 2.33. The molecule has 0 radical (unpaired) electrons. The Bertz CT molecular complexity index is 2000. The van der Waals surface area contributed by atoms with Crippen LogP contribution in [0.5, 0.6) is 17.2 Å². The molecule has 5 aromatic rings. The molecule has 2 N–H and O–H groups in total. The minimum atomic E-state index is -0.643. The second kappa shape index (κ2) is 14.8. The van der Waals surface area contributed by atoms with Gasteiger partial charge in [-0.25, -0.2) is 9.78 Å². The zero-order valence-electron chi connectivity index (χ0n) is 29.1. The number of hydrogen-bond acceptors (Lipinski definition) is 7. The smallest absolute Gasteiger partial charge is 0.407 e. The van der Waals surface area contributed by atoms with Gasteiger partial charge in [-0.15, -0.1) is 0 Å². The van der Waals surface area contributed by atoms with E-state index in [2.05, 4.69) is 51.4 Å². The molecule has 2 aliphatic heterocycles. The Labute approximate surface area is 296 Å². The number of likely N-dealkylation sites (tertiary alicyclic amines) is 1. The number of nitrogens with one attached hydrogen (secondary N) is 2. The molecule has 0 saturated carbocycles. The molecule has 2 amide bonds. The number of alkyl carbamates (subject to hydrolysis) is 1. The third kappa shape index (κ3) is 7.09. The number of ether oxygens (including phenoxy) is 4. The molecule has 0 aliphatic carbocycles. The van der Waals surface area contributed by atoms with E-state index < -0.39 is 12.3 Å². The number of rotatable bonds is 7. The first-order chi connectivity index (χ1) is 24.1. The molecule has 50 heavy (non-hydrogen) atoms. The molecule has 0 bridgehead atoms. The maximum atomic E-state index is 12.9. The SMILES string of the molecule is CC(C)C.COC(=O)NCC(=O)N1CCCC1c1ncc(-c2ccc3c(c2)OC(c2cc(OC)cc(OC)c2)n2c-3cc3cc(Cl)ccc32)[nH]1. The van der Waals surface area contributed by atoms with Crippen molar-refractivity contribution in [2.45, 2.75) is 45.9 Å². The number of amides is 2. The molecule has 1 fully saturated rings. The fraction of sp³-hybridized carbons (Fsp3) is 0.342. The van der Waals surface area contributed by atoms with E-state index in [9.17, 15) is 9.59 Å². The van der Waals surface area contributed by atoms with Crippen LogP contribution in [0.25, 0.3) is 33.4 Å². The number of halogens is 1. The topological polar surface area (TPSA) is 120 Å². The summed E-state index contributed by atoms with van der Waals surface area (Å²) in [5.41, 5.74) is 5.45. The molecule has 3 aromatic carbocycles. The van der Waals surface area contributed by atoms with Crippen LogP contribution in [0.15, 0.2) is 66.9 Å². The number of aromatic amines is 1. The minimum absolute atomic E-state index is 0.137. The number of H-pyrrole nitrogens is 1. The molecule has 12 heteroatoms. The quantitative estimate of drug-likeness (QED) is 0.177. The van der Waals surface area contributed by atoms with Crippen molar-refractivity contribution in [3.63, 3.8) is 0 Å². The van der Waals surface area contributed by atoms with Gasteiger partial charge in [0.05, 0.1) is 50.5 Å². The van der Waals surface area contributed by atoms with Gasteiger partial charge in [-0.3, -0.25) is 4.79 Å². The first-order valence-corrected chi connectivity index (χ1v) is 17.0. The van der Waals surface area contributed by atoms with E-state index in [0.717, 1.165) is 57.7 Å². The first kappa shape index (κ1) is 34.7. The summed E-state index contributed by atoms with van der Waals surface area (Å²) in [6.07, 6.45) is 2.22. The van der Waals surface area contributed by atoms with Crippen molar-refractivity contribution < 1.29 is 28.5 Å². The van der Waals surface area contributed by atoms with E-state index in [-0.39, 0.29) is 18.5 Å². The van der Waals surface area contributed by atoms with E-state index in [1.54, 1.807) is 25.3 Å². The van der Waals surface area contributed by atoms with Crippen molar-refractivity contribution in [1.29, 1.82) is 0 Å². The summed E-state index contributed by atoms with van der Waals surface area (Å²) in [4.78, 5) is 34.2. The highest BCUT2D eigenvalue weighted by atomic mass is 35.5. The van der Waals surface area contributed by atoms with Gasteiger partial charge in [0.15, 0.2) is 0 Å². The molecule has 0 spiro atoms. The van der Waals surface area contributed by atoms with E-state index >= 15 is 0 Å². The standard InChI is InChI=1S/C34H32ClN5O6.C4H10/c1-43-23-12-21(13-24(16-23)44-2)33-40-27-9-7-22(35)11-20(27)14-29(40)25-8-6-19(15-30(25)46-33)26-17-36-32(38-26)28-5-4-10-39(28)31(41)18-37-34(42)45-3;1-4(2)3/h6-9,11-17,28,33H,4-5,10,18H2,1-3H3,(H,36,38)(H,37,42);4H,1-3H3. The van der Waals surface area contributed by atoms with Crippen LogP contribution in [0.1, 0.15) is 57.3 Å². The van der Waals surface area contributed by atoms with Crippen molar-refractivity contribution in [3.8, 4) is 39.8 Å². The lowest BCUT2D eigenvalue weighted by Crippen LogP contribution is -2.40. The van der Waals surface area contributed by atoms with Crippen LogP contribution in [0.3, 0.4) is 0 Å². The van der Waals surface area contributed by atoms with E-state index in [4.69, 9.17) is 25.8 Å². The third-order valence-electron chi connectivity index (χ3n) is 8.56. The van der Waals surface area contributed by atoms with Crippen LogP contribution in [0.2, 0.25) is 5.02 Å². The molecule has 1 saturated heterocycles. The number of hydrogen-bond donors (Lipinski definition) is 2. The van der Waals surface area contributed by atoms with Crippen molar-refractivity contribution in [2.75, 3.05) is 34.4 Å². The van der Waals surface area contributed by atoms with Crippen molar-refractivity contribution in [3.05, 3.63) is 83.3 Å². The Balaban J connectivity index is 0.00000103. The number of aromatic nitrogens is 3. The molecule has 2 aliphatic rings. The van der Waals surface area contributed by atoms with Crippen LogP contribution in [0.4, 0.5) is 4.79 Å². The largest absolute Gasteiger partial charge is 0.497 e. The van der Waals surface area contributed by atoms with Gasteiger partial charge in [-0.05, 0) is 67.3 Å². The van der Waals surface area contributed by atoms with Crippen LogP contribution >= 0.6 is 11.6 Å². The summed E-state index contributed by atoms with van der Waals surface area (Å²) in [5.74, 6) is 3.35. The Kier molecular flexibility index (Phi) is 10.2. The molecule has 11 nitrogen and oxygen atoms in total. The molecule has 4 heterocycles. The third-order valence-corrected chi connectivity index (χ3v) is 8.79. The van der Waals surface area contributed by atoms with Gasteiger partial charge < -0.3 is 38.7 Å². The predicted molar refractivity (Wildman–Crippen MR) is 193 cm³/mol. The van der Waals surface area contributed by atoms with E-state index in [0.29, 0.717) is 34.6 Å². The predicted octanol–water partition coefficient (Wildman–Crippen LogP) is 7.99.